The molecule has 5 heteroatoms. The van der Waals surface area contributed by atoms with Crippen LogP contribution in [0.3, 0.4) is 0 Å². The van der Waals surface area contributed by atoms with Gasteiger partial charge in [-0.1, -0.05) is 0 Å². The van der Waals surface area contributed by atoms with Crippen LogP contribution in [0.15, 0.2) is 47.3 Å². The summed E-state index contributed by atoms with van der Waals surface area (Å²) >= 11 is 0. The molecule has 5 nitrogen and oxygen atoms in total. The highest BCUT2D eigenvalue weighted by Gasteiger charge is 2.26. The third-order valence-corrected chi connectivity index (χ3v) is 4.37. The molecule has 0 aromatic carbocycles. The number of pyridine rings is 1. The van der Waals surface area contributed by atoms with Gasteiger partial charge in [0.1, 0.15) is 5.76 Å². The molecule has 0 saturated carbocycles. The van der Waals surface area contributed by atoms with Gasteiger partial charge < -0.3 is 14.6 Å². The first-order valence-electron chi connectivity index (χ1n) is 8.20. The highest BCUT2D eigenvalue weighted by atomic mass is 16.3. The van der Waals surface area contributed by atoms with Gasteiger partial charge in [0, 0.05) is 49.6 Å². The molecule has 0 spiro atoms. The van der Waals surface area contributed by atoms with Crippen LogP contribution in [0.25, 0.3) is 0 Å². The molecule has 23 heavy (non-hydrogen) atoms. The summed E-state index contributed by atoms with van der Waals surface area (Å²) in [5.74, 6) is 1.18. The number of aromatic nitrogens is 1. The quantitative estimate of drug-likeness (QED) is 0.922. The Bertz CT molecular complexity index is 604. The van der Waals surface area contributed by atoms with E-state index in [0.717, 1.165) is 38.1 Å². The number of hydrogen-bond acceptors (Lipinski definition) is 4. The average Bonchev–Trinajstić information content (AvgIpc) is 3.08. The lowest BCUT2D eigenvalue weighted by atomic mass is 9.95. The van der Waals surface area contributed by atoms with Gasteiger partial charge in [0.2, 0.25) is 5.91 Å². The molecule has 0 aliphatic carbocycles. The van der Waals surface area contributed by atoms with Crippen LogP contribution in [-0.2, 0) is 11.2 Å². The summed E-state index contributed by atoms with van der Waals surface area (Å²) in [5.41, 5.74) is 1.19. The number of piperidine rings is 1. The van der Waals surface area contributed by atoms with Gasteiger partial charge in [-0.15, -0.1) is 0 Å². The number of anilines is 1. The fourth-order valence-electron chi connectivity index (χ4n) is 3.10. The van der Waals surface area contributed by atoms with E-state index in [0.29, 0.717) is 0 Å². The summed E-state index contributed by atoms with van der Waals surface area (Å²) < 4.78 is 5.33. The van der Waals surface area contributed by atoms with E-state index in [1.807, 2.05) is 43.6 Å². The molecule has 1 unspecified atom stereocenters. The molecule has 1 N–H and O–H groups in total. The van der Waals surface area contributed by atoms with E-state index in [9.17, 15) is 4.79 Å². The third-order valence-electron chi connectivity index (χ3n) is 4.37. The molecule has 2 aromatic rings. The van der Waals surface area contributed by atoms with Crippen LogP contribution in [0.1, 0.15) is 25.5 Å². The summed E-state index contributed by atoms with van der Waals surface area (Å²) in [4.78, 5) is 18.8. The molecule has 3 heterocycles. The van der Waals surface area contributed by atoms with Crippen LogP contribution in [0.2, 0.25) is 0 Å². The van der Waals surface area contributed by atoms with Crippen LogP contribution in [0.4, 0.5) is 5.69 Å². The minimum atomic E-state index is 0.0897. The molecule has 0 radical (unpaired) electrons. The molecule has 1 aliphatic heterocycles. The van der Waals surface area contributed by atoms with Crippen molar-refractivity contribution < 1.29 is 9.21 Å². The van der Waals surface area contributed by atoms with Crippen molar-refractivity contribution in [3.8, 4) is 0 Å². The standard InChI is InChI=1S/C18H23N3O2/c1-14(13-17-3-2-12-23-17)20-18(22)15-6-10-21(11-7-15)16-4-8-19-9-5-16/h2-5,8-9,12,14-15H,6-7,10-11,13H2,1H3,(H,20,22). The number of hydrogen-bond donors (Lipinski definition) is 1. The smallest absolute Gasteiger partial charge is 0.223 e. The Kier molecular flexibility index (Phi) is 4.95. The third kappa shape index (κ3) is 4.12. The number of rotatable bonds is 5. The Morgan fingerprint density at radius 1 is 1.35 bits per heavy atom. The van der Waals surface area contributed by atoms with Gasteiger partial charge in [0.05, 0.1) is 6.26 Å². The van der Waals surface area contributed by atoms with Gasteiger partial charge in [-0.05, 0) is 44.0 Å². The first-order chi connectivity index (χ1) is 11.2. The topological polar surface area (TPSA) is 58.4 Å². The van der Waals surface area contributed by atoms with Crippen molar-refractivity contribution in [2.45, 2.75) is 32.2 Å². The first-order valence-corrected chi connectivity index (χ1v) is 8.20. The van der Waals surface area contributed by atoms with Crippen molar-refractivity contribution in [3.63, 3.8) is 0 Å². The van der Waals surface area contributed by atoms with Gasteiger partial charge in [0.25, 0.3) is 0 Å². The second kappa shape index (κ2) is 7.31. The van der Waals surface area contributed by atoms with E-state index < -0.39 is 0 Å². The van der Waals surface area contributed by atoms with E-state index in [1.165, 1.54) is 5.69 Å². The predicted octanol–water partition coefficient (Wildman–Crippen LogP) is 2.64. The molecule has 1 fully saturated rings. The molecule has 2 aromatic heterocycles. The highest BCUT2D eigenvalue weighted by molar-refractivity contribution is 5.79. The Morgan fingerprint density at radius 3 is 2.74 bits per heavy atom. The van der Waals surface area contributed by atoms with Crippen molar-refractivity contribution in [1.82, 2.24) is 10.3 Å². The lowest BCUT2D eigenvalue weighted by Crippen LogP contribution is -2.43. The summed E-state index contributed by atoms with van der Waals surface area (Å²) in [6.07, 6.45) is 7.80. The molecule has 122 valence electrons. The summed E-state index contributed by atoms with van der Waals surface area (Å²) in [5, 5.41) is 3.12. The molecule has 1 atom stereocenters. The lowest BCUT2D eigenvalue weighted by molar-refractivity contribution is -0.126. The Labute approximate surface area is 136 Å². The minimum absolute atomic E-state index is 0.0897. The second-order valence-corrected chi connectivity index (χ2v) is 6.16. The Hall–Kier alpha value is -2.30. The van der Waals surface area contributed by atoms with Crippen molar-refractivity contribution in [3.05, 3.63) is 48.7 Å². The SMILES string of the molecule is CC(Cc1ccco1)NC(=O)C1CCN(c2ccncc2)CC1. The maximum Gasteiger partial charge on any atom is 0.223 e. The molecule has 1 aliphatic rings. The van der Waals surface area contributed by atoms with Crippen LogP contribution in [0, 0.1) is 5.92 Å². The summed E-state index contributed by atoms with van der Waals surface area (Å²) in [6, 6.07) is 7.94. The van der Waals surface area contributed by atoms with Crippen LogP contribution in [-0.4, -0.2) is 30.0 Å². The van der Waals surface area contributed by atoms with E-state index in [-0.39, 0.29) is 17.9 Å². The fraction of sp³-hybridized carbons (Fsp3) is 0.444. The fourth-order valence-corrected chi connectivity index (χ4v) is 3.10. The number of nitrogens with zero attached hydrogens (tertiary/aromatic N) is 2. The molecular weight excluding hydrogens is 290 g/mol. The number of carbonyl (C=O) groups excluding carboxylic acids is 1. The number of furan rings is 1. The zero-order chi connectivity index (χ0) is 16.1. The van der Waals surface area contributed by atoms with Crippen LogP contribution < -0.4 is 10.2 Å². The normalized spacial score (nSPS) is 17.0. The molecular formula is C18H23N3O2. The number of nitrogens with one attached hydrogen (secondary N) is 1. The largest absolute Gasteiger partial charge is 0.469 e. The van der Waals surface area contributed by atoms with Crippen LogP contribution >= 0.6 is 0 Å². The second-order valence-electron chi connectivity index (χ2n) is 6.16. The van der Waals surface area contributed by atoms with Crippen LogP contribution in [0.5, 0.6) is 0 Å². The predicted molar refractivity (Wildman–Crippen MR) is 89.2 cm³/mol. The summed E-state index contributed by atoms with van der Waals surface area (Å²) in [6.45, 7) is 3.84. The maximum absolute atomic E-state index is 12.4. The van der Waals surface area contributed by atoms with Gasteiger partial charge in [0.15, 0.2) is 0 Å². The monoisotopic (exact) mass is 313 g/mol. The van der Waals surface area contributed by atoms with E-state index in [4.69, 9.17) is 4.42 Å². The van der Waals surface area contributed by atoms with Gasteiger partial charge in [-0.3, -0.25) is 9.78 Å². The minimum Gasteiger partial charge on any atom is -0.469 e. The maximum atomic E-state index is 12.4. The summed E-state index contributed by atoms with van der Waals surface area (Å²) in [7, 11) is 0. The van der Waals surface area contributed by atoms with Crippen molar-refractivity contribution >= 4 is 11.6 Å². The number of carbonyl (C=O) groups is 1. The van der Waals surface area contributed by atoms with Crippen molar-refractivity contribution in [1.29, 1.82) is 0 Å². The molecule has 1 amide bonds. The zero-order valence-corrected chi connectivity index (χ0v) is 13.4. The van der Waals surface area contributed by atoms with E-state index in [1.54, 1.807) is 6.26 Å². The molecule has 0 bridgehead atoms. The Balaban J connectivity index is 1.46. The highest BCUT2D eigenvalue weighted by Crippen LogP contribution is 2.23. The molecule has 1 saturated heterocycles. The number of amides is 1. The first kappa shape index (κ1) is 15.6. The van der Waals surface area contributed by atoms with Gasteiger partial charge >= 0.3 is 0 Å². The molecule has 3 rings (SSSR count). The van der Waals surface area contributed by atoms with Crippen molar-refractivity contribution in [2.75, 3.05) is 18.0 Å². The van der Waals surface area contributed by atoms with E-state index >= 15 is 0 Å². The lowest BCUT2D eigenvalue weighted by Gasteiger charge is -2.33. The Morgan fingerprint density at radius 2 is 2.09 bits per heavy atom. The average molecular weight is 313 g/mol. The van der Waals surface area contributed by atoms with Gasteiger partial charge in [-0.2, -0.15) is 0 Å². The van der Waals surface area contributed by atoms with E-state index in [2.05, 4.69) is 15.2 Å². The zero-order valence-electron chi connectivity index (χ0n) is 13.4. The van der Waals surface area contributed by atoms with Crippen molar-refractivity contribution in [2.24, 2.45) is 5.92 Å². The van der Waals surface area contributed by atoms with Gasteiger partial charge in [-0.25, -0.2) is 0 Å².